The maximum absolute atomic E-state index is 12.0. The molecule has 2 N–H and O–H groups in total. The molecule has 1 amide bonds. The van der Waals surface area contributed by atoms with Crippen LogP contribution in [0.25, 0.3) is 0 Å². The molecule has 0 radical (unpaired) electrons. The number of fused-ring (bicyclic) bond motifs is 1. The second-order valence-corrected chi connectivity index (χ2v) is 4.31. The van der Waals surface area contributed by atoms with Crippen LogP contribution in [0, 0.1) is 0 Å². The van der Waals surface area contributed by atoms with Gasteiger partial charge in [-0.1, -0.05) is 6.07 Å². The summed E-state index contributed by atoms with van der Waals surface area (Å²) in [7, 11) is 3.40. The molecule has 5 heteroatoms. The van der Waals surface area contributed by atoms with E-state index in [-0.39, 0.29) is 5.91 Å². The molecule has 0 spiro atoms. The molecule has 1 aromatic carbocycles. The summed E-state index contributed by atoms with van der Waals surface area (Å²) in [5.41, 5.74) is 7.47. The lowest BCUT2D eigenvalue weighted by Crippen LogP contribution is -2.30. The Morgan fingerprint density at radius 1 is 1.44 bits per heavy atom. The second kappa shape index (κ2) is 5.27. The van der Waals surface area contributed by atoms with Crippen molar-refractivity contribution in [2.24, 2.45) is 5.73 Å². The number of amides is 1. The monoisotopic (exact) mass is 249 g/mol. The number of para-hydroxylation sites is 1. The van der Waals surface area contributed by atoms with Crippen LogP contribution in [0.2, 0.25) is 0 Å². The van der Waals surface area contributed by atoms with Crippen LogP contribution in [-0.4, -0.2) is 39.7 Å². The predicted octanol–water partition coefficient (Wildman–Crippen LogP) is 0.827. The highest BCUT2D eigenvalue weighted by molar-refractivity contribution is 6.00. The summed E-state index contributed by atoms with van der Waals surface area (Å²) in [6, 6.07) is 5.81. The number of anilines is 2. The van der Waals surface area contributed by atoms with Gasteiger partial charge in [-0.05, 0) is 12.1 Å². The highest BCUT2D eigenvalue weighted by Crippen LogP contribution is 2.39. The van der Waals surface area contributed by atoms with Gasteiger partial charge in [0, 0.05) is 33.1 Å². The third kappa shape index (κ3) is 2.13. The molecule has 1 heterocycles. The summed E-state index contributed by atoms with van der Waals surface area (Å²) in [6.45, 7) is 2.00. The highest BCUT2D eigenvalue weighted by atomic mass is 16.5. The van der Waals surface area contributed by atoms with Crippen LogP contribution in [0.4, 0.5) is 11.4 Å². The Balaban J connectivity index is 2.53. The normalized spacial score (nSPS) is 15.4. The first-order chi connectivity index (χ1) is 8.69. The average molecular weight is 249 g/mol. The van der Waals surface area contributed by atoms with Crippen LogP contribution in [-0.2, 0) is 4.79 Å². The number of nitrogens with two attached hydrogens (primary N) is 1. The topological polar surface area (TPSA) is 58.8 Å². The van der Waals surface area contributed by atoms with Crippen LogP contribution in [0.15, 0.2) is 18.2 Å². The summed E-state index contributed by atoms with van der Waals surface area (Å²) in [5, 5.41) is 0. The van der Waals surface area contributed by atoms with Crippen LogP contribution >= 0.6 is 0 Å². The fourth-order valence-electron chi connectivity index (χ4n) is 2.30. The van der Waals surface area contributed by atoms with Crippen molar-refractivity contribution in [1.29, 1.82) is 0 Å². The number of carbonyl (C=O) groups excluding carboxylic acids is 1. The molecule has 98 valence electrons. The number of methoxy groups -OCH3 is 1. The number of benzene rings is 1. The van der Waals surface area contributed by atoms with Gasteiger partial charge in [0.15, 0.2) is 0 Å². The molecule has 1 aliphatic rings. The zero-order valence-electron chi connectivity index (χ0n) is 10.8. The minimum absolute atomic E-state index is 0.0975. The van der Waals surface area contributed by atoms with Crippen molar-refractivity contribution in [1.82, 2.24) is 0 Å². The van der Waals surface area contributed by atoms with E-state index >= 15 is 0 Å². The van der Waals surface area contributed by atoms with Crippen LogP contribution in [0.3, 0.4) is 0 Å². The van der Waals surface area contributed by atoms with Crippen LogP contribution in [0.5, 0.6) is 5.75 Å². The SMILES string of the molecule is COc1cccc2c1N(C)C(=O)CCN2CCN. The van der Waals surface area contributed by atoms with Crippen molar-refractivity contribution in [2.45, 2.75) is 6.42 Å². The quantitative estimate of drug-likeness (QED) is 0.862. The number of hydrogen-bond donors (Lipinski definition) is 1. The van der Waals surface area contributed by atoms with Gasteiger partial charge >= 0.3 is 0 Å². The van der Waals surface area contributed by atoms with Gasteiger partial charge in [-0.3, -0.25) is 4.79 Å². The van der Waals surface area contributed by atoms with E-state index in [4.69, 9.17) is 10.5 Å². The van der Waals surface area contributed by atoms with Crippen molar-refractivity contribution in [3.8, 4) is 5.75 Å². The fraction of sp³-hybridized carbons (Fsp3) is 0.462. The molecule has 2 rings (SSSR count). The molecule has 0 unspecified atom stereocenters. The van der Waals surface area contributed by atoms with Gasteiger partial charge in [0.05, 0.1) is 12.8 Å². The molecule has 5 nitrogen and oxygen atoms in total. The van der Waals surface area contributed by atoms with E-state index in [9.17, 15) is 4.79 Å². The van der Waals surface area contributed by atoms with Crippen LogP contribution < -0.4 is 20.3 Å². The molecule has 1 aliphatic heterocycles. The van der Waals surface area contributed by atoms with E-state index in [1.54, 1.807) is 19.1 Å². The summed E-state index contributed by atoms with van der Waals surface area (Å²) in [6.07, 6.45) is 0.494. The molecule has 18 heavy (non-hydrogen) atoms. The number of hydrogen-bond acceptors (Lipinski definition) is 4. The molecule has 1 aromatic rings. The first-order valence-electron chi connectivity index (χ1n) is 6.07. The van der Waals surface area contributed by atoms with Gasteiger partial charge in [-0.15, -0.1) is 0 Å². The zero-order chi connectivity index (χ0) is 13.1. The van der Waals surface area contributed by atoms with Gasteiger partial charge < -0.3 is 20.3 Å². The zero-order valence-corrected chi connectivity index (χ0v) is 10.8. The van der Waals surface area contributed by atoms with Gasteiger partial charge in [0.2, 0.25) is 5.91 Å². The Morgan fingerprint density at radius 2 is 2.22 bits per heavy atom. The lowest BCUT2D eigenvalue weighted by atomic mass is 10.2. The molecule has 0 atom stereocenters. The Labute approximate surface area is 107 Å². The van der Waals surface area contributed by atoms with Crippen molar-refractivity contribution < 1.29 is 9.53 Å². The van der Waals surface area contributed by atoms with E-state index in [2.05, 4.69) is 4.90 Å². The first-order valence-corrected chi connectivity index (χ1v) is 6.07. The third-order valence-electron chi connectivity index (χ3n) is 3.24. The molecule has 0 saturated carbocycles. The van der Waals surface area contributed by atoms with E-state index in [0.717, 1.165) is 17.9 Å². The Bertz CT molecular complexity index is 448. The lowest BCUT2D eigenvalue weighted by Gasteiger charge is -2.26. The molecular weight excluding hydrogens is 230 g/mol. The molecule has 0 fully saturated rings. The van der Waals surface area contributed by atoms with Crippen LogP contribution in [0.1, 0.15) is 6.42 Å². The largest absolute Gasteiger partial charge is 0.494 e. The fourth-order valence-corrected chi connectivity index (χ4v) is 2.30. The highest BCUT2D eigenvalue weighted by Gasteiger charge is 2.26. The van der Waals surface area contributed by atoms with Gasteiger partial charge in [0.1, 0.15) is 11.4 Å². The second-order valence-electron chi connectivity index (χ2n) is 4.31. The first kappa shape index (κ1) is 12.7. The lowest BCUT2D eigenvalue weighted by molar-refractivity contribution is -0.118. The van der Waals surface area contributed by atoms with Crippen molar-refractivity contribution in [3.05, 3.63) is 18.2 Å². The smallest absolute Gasteiger partial charge is 0.228 e. The maximum Gasteiger partial charge on any atom is 0.228 e. The molecular formula is C13H19N3O2. The third-order valence-corrected chi connectivity index (χ3v) is 3.24. The molecule has 0 aromatic heterocycles. The number of rotatable bonds is 3. The Hall–Kier alpha value is -1.75. The molecule has 0 saturated heterocycles. The summed E-state index contributed by atoms with van der Waals surface area (Å²) < 4.78 is 5.36. The summed E-state index contributed by atoms with van der Waals surface area (Å²) in [5.74, 6) is 0.813. The van der Waals surface area contributed by atoms with Crippen molar-refractivity contribution >= 4 is 17.3 Å². The standard InChI is InChI=1S/C13H19N3O2/c1-15-12(17)6-8-16(9-7-14)10-4-3-5-11(18-2)13(10)15/h3-5H,6-9,14H2,1-2H3. The van der Waals surface area contributed by atoms with Gasteiger partial charge in [-0.2, -0.15) is 0 Å². The molecule has 0 bridgehead atoms. The number of nitrogens with zero attached hydrogens (tertiary/aromatic N) is 2. The van der Waals surface area contributed by atoms with E-state index in [0.29, 0.717) is 25.3 Å². The van der Waals surface area contributed by atoms with Crippen molar-refractivity contribution in [2.75, 3.05) is 43.6 Å². The summed E-state index contributed by atoms with van der Waals surface area (Å²) in [4.78, 5) is 15.8. The maximum atomic E-state index is 12.0. The Kier molecular flexibility index (Phi) is 3.72. The average Bonchev–Trinajstić information content (AvgIpc) is 2.51. The number of carbonyl (C=O) groups is 1. The van der Waals surface area contributed by atoms with E-state index in [1.807, 2.05) is 18.2 Å². The Morgan fingerprint density at radius 3 is 2.89 bits per heavy atom. The van der Waals surface area contributed by atoms with Gasteiger partial charge in [-0.25, -0.2) is 0 Å². The minimum atomic E-state index is 0.0975. The van der Waals surface area contributed by atoms with E-state index in [1.165, 1.54) is 0 Å². The minimum Gasteiger partial charge on any atom is -0.494 e. The van der Waals surface area contributed by atoms with Crippen molar-refractivity contribution in [3.63, 3.8) is 0 Å². The molecule has 0 aliphatic carbocycles. The van der Waals surface area contributed by atoms with E-state index < -0.39 is 0 Å². The van der Waals surface area contributed by atoms with Gasteiger partial charge in [0.25, 0.3) is 0 Å². The summed E-state index contributed by atoms with van der Waals surface area (Å²) >= 11 is 0. The number of ether oxygens (including phenoxy) is 1. The predicted molar refractivity (Wildman–Crippen MR) is 72.3 cm³/mol.